The Hall–Kier alpha value is -2.13. The van der Waals surface area contributed by atoms with Crippen LogP contribution in [0, 0.1) is 0 Å². The van der Waals surface area contributed by atoms with E-state index in [1.165, 1.54) is 23.3 Å². The zero-order valence-electron chi connectivity index (χ0n) is 16.7. The fraction of sp³-hybridized carbons (Fsp3) is 0.381. The summed E-state index contributed by atoms with van der Waals surface area (Å²) in [4.78, 5) is 13.7. The van der Waals surface area contributed by atoms with Crippen molar-refractivity contribution < 1.29 is 17.9 Å². The van der Waals surface area contributed by atoms with Crippen molar-refractivity contribution in [3.05, 3.63) is 52.5 Å². The topological polar surface area (TPSA) is 87.7 Å². The Morgan fingerprint density at radius 3 is 2.80 bits per heavy atom. The number of ether oxygens (including phenoxy) is 1. The molecule has 1 unspecified atom stereocenters. The van der Waals surface area contributed by atoms with Gasteiger partial charge in [0.2, 0.25) is 10.0 Å². The van der Waals surface area contributed by atoms with Crippen molar-refractivity contribution in [3.8, 4) is 5.75 Å². The zero-order chi connectivity index (χ0) is 21.3. The lowest BCUT2D eigenvalue weighted by Crippen LogP contribution is -2.45. The maximum absolute atomic E-state index is 12.9. The number of benzene rings is 2. The second-order valence-corrected chi connectivity index (χ2v) is 9.66. The van der Waals surface area contributed by atoms with Crippen LogP contribution >= 0.6 is 11.6 Å². The summed E-state index contributed by atoms with van der Waals surface area (Å²) >= 11 is 6.21. The minimum atomic E-state index is -3.84. The first-order valence-corrected chi connectivity index (χ1v) is 11.8. The van der Waals surface area contributed by atoms with Crippen LogP contribution in [0.2, 0.25) is 5.02 Å². The van der Waals surface area contributed by atoms with Crippen LogP contribution in [0.3, 0.4) is 0 Å². The molecule has 2 aromatic rings. The summed E-state index contributed by atoms with van der Waals surface area (Å²) in [6.45, 7) is 3.89. The molecule has 2 aliphatic rings. The van der Waals surface area contributed by atoms with Crippen LogP contribution < -0.4 is 14.8 Å². The monoisotopic (exact) mass is 449 g/mol. The SMILES string of the molecule is CCC(CNS(=O)(=O)c1cc2c(cc1Cl)NC(=O)CO2)N1CCc2ccccc2C1. The zero-order valence-corrected chi connectivity index (χ0v) is 18.2. The molecular formula is C21H24ClN3O4S. The van der Waals surface area contributed by atoms with Crippen molar-refractivity contribution in [1.29, 1.82) is 0 Å². The van der Waals surface area contributed by atoms with Gasteiger partial charge in [-0.1, -0.05) is 42.8 Å². The standard InChI is InChI=1S/C21H24ClN3O4S/c1-2-16(25-8-7-14-5-3-4-6-15(14)12-25)11-23-30(27,28)20-10-19-18(9-17(20)22)24-21(26)13-29-19/h3-6,9-10,16,23H,2,7-8,11-13H2,1H3,(H,24,26). The Morgan fingerprint density at radius 2 is 2.03 bits per heavy atom. The number of sulfonamides is 1. The molecule has 0 saturated carbocycles. The van der Waals surface area contributed by atoms with Gasteiger partial charge in [0.05, 0.1) is 10.7 Å². The van der Waals surface area contributed by atoms with E-state index in [2.05, 4.69) is 40.1 Å². The van der Waals surface area contributed by atoms with Crippen LogP contribution in [0.25, 0.3) is 0 Å². The maximum Gasteiger partial charge on any atom is 0.262 e. The number of carbonyl (C=O) groups excluding carboxylic acids is 1. The second-order valence-electron chi connectivity index (χ2n) is 7.52. The third-order valence-electron chi connectivity index (χ3n) is 5.61. The van der Waals surface area contributed by atoms with Gasteiger partial charge in [0.1, 0.15) is 10.6 Å². The van der Waals surface area contributed by atoms with Gasteiger partial charge in [0.15, 0.2) is 6.61 Å². The van der Waals surface area contributed by atoms with Crippen molar-refractivity contribution in [1.82, 2.24) is 9.62 Å². The lowest BCUT2D eigenvalue weighted by atomic mass is 9.98. The van der Waals surface area contributed by atoms with Crippen LogP contribution in [-0.2, 0) is 27.8 Å². The van der Waals surface area contributed by atoms with E-state index in [0.29, 0.717) is 11.4 Å². The van der Waals surface area contributed by atoms with Crippen molar-refractivity contribution in [2.24, 2.45) is 0 Å². The molecule has 1 amide bonds. The Bertz CT molecular complexity index is 1070. The summed E-state index contributed by atoms with van der Waals surface area (Å²) in [5.41, 5.74) is 3.02. The minimum absolute atomic E-state index is 0.0343. The van der Waals surface area contributed by atoms with Gasteiger partial charge in [0, 0.05) is 31.7 Å². The van der Waals surface area contributed by atoms with E-state index >= 15 is 0 Å². The van der Waals surface area contributed by atoms with Crippen molar-refractivity contribution >= 4 is 33.2 Å². The Labute approximate surface area is 181 Å². The molecule has 0 spiro atoms. The quantitative estimate of drug-likeness (QED) is 0.708. The molecule has 30 heavy (non-hydrogen) atoms. The number of amides is 1. The predicted molar refractivity (Wildman–Crippen MR) is 115 cm³/mol. The highest BCUT2D eigenvalue weighted by molar-refractivity contribution is 7.89. The number of halogens is 1. The van der Waals surface area contributed by atoms with Crippen molar-refractivity contribution in [2.75, 3.05) is 25.0 Å². The van der Waals surface area contributed by atoms with Crippen molar-refractivity contribution in [3.63, 3.8) is 0 Å². The van der Waals surface area contributed by atoms with Gasteiger partial charge in [0.25, 0.3) is 5.91 Å². The summed E-state index contributed by atoms with van der Waals surface area (Å²) < 4.78 is 33.9. The molecule has 0 aliphatic carbocycles. The van der Waals surface area contributed by atoms with Gasteiger partial charge in [-0.25, -0.2) is 13.1 Å². The fourth-order valence-electron chi connectivity index (χ4n) is 3.93. The second kappa shape index (κ2) is 8.55. The molecular weight excluding hydrogens is 426 g/mol. The van der Waals surface area contributed by atoms with Crippen molar-refractivity contribution in [2.45, 2.75) is 37.2 Å². The average Bonchev–Trinajstić information content (AvgIpc) is 2.73. The van der Waals surface area contributed by atoms with E-state index in [1.54, 1.807) is 0 Å². The third-order valence-corrected chi connectivity index (χ3v) is 7.50. The van der Waals surface area contributed by atoms with E-state index in [9.17, 15) is 13.2 Å². The number of anilines is 1. The maximum atomic E-state index is 12.9. The minimum Gasteiger partial charge on any atom is -0.482 e. The largest absolute Gasteiger partial charge is 0.482 e. The van der Waals surface area contributed by atoms with Crippen LogP contribution in [0.4, 0.5) is 5.69 Å². The van der Waals surface area contributed by atoms with Crippen LogP contribution in [0.15, 0.2) is 41.3 Å². The molecule has 0 aromatic heterocycles. The Kier molecular flexibility index (Phi) is 6.02. The first-order valence-electron chi connectivity index (χ1n) is 9.94. The molecule has 9 heteroatoms. The number of fused-ring (bicyclic) bond motifs is 2. The summed E-state index contributed by atoms with van der Waals surface area (Å²) in [7, 11) is -3.84. The highest BCUT2D eigenvalue weighted by Gasteiger charge is 2.27. The molecule has 0 bridgehead atoms. The van der Waals surface area contributed by atoms with Crippen LogP contribution in [-0.4, -0.2) is 45.0 Å². The lowest BCUT2D eigenvalue weighted by molar-refractivity contribution is -0.118. The average molecular weight is 450 g/mol. The third kappa shape index (κ3) is 4.32. The molecule has 1 atom stereocenters. The fourth-order valence-corrected chi connectivity index (χ4v) is 5.55. The molecule has 2 heterocycles. The first-order chi connectivity index (χ1) is 14.4. The Morgan fingerprint density at radius 1 is 1.27 bits per heavy atom. The number of hydrogen-bond donors (Lipinski definition) is 2. The molecule has 2 aromatic carbocycles. The summed E-state index contributed by atoms with van der Waals surface area (Å²) in [6.07, 6.45) is 1.77. The molecule has 0 fully saturated rings. The number of rotatable bonds is 6. The highest BCUT2D eigenvalue weighted by Crippen LogP contribution is 2.35. The molecule has 2 N–H and O–H groups in total. The summed E-state index contributed by atoms with van der Waals surface area (Å²) in [6, 6.07) is 11.2. The first kappa shape index (κ1) is 21.1. The highest BCUT2D eigenvalue weighted by atomic mass is 35.5. The van der Waals surface area contributed by atoms with E-state index in [-0.39, 0.29) is 35.0 Å². The number of nitrogens with one attached hydrogen (secondary N) is 2. The van der Waals surface area contributed by atoms with Crippen LogP contribution in [0.5, 0.6) is 5.75 Å². The van der Waals surface area contributed by atoms with E-state index < -0.39 is 10.0 Å². The van der Waals surface area contributed by atoms with Gasteiger partial charge in [-0.2, -0.15) is 0 Å². The normalized spacial score (nSPS) is 17.5. The number of hydrogen-bond acceptors (Lipinski definition) is 5. The molecule has 0 saturated heterocycles. The molecule has 0 radical (unpaired) electrons. The molecule has 160 valence electrons. The van der Waals surface area contributed by atoms with Gasteiger partial charge in [-0.05, 0) is 30.0 Å². The smallest absolute Gasteiger partial charge is 0.262 e. The van der Waals surface area contributed by atoms with Gasteiger partial charge in [-0.3, -0.25) is 9.69 Å². The molecule has 7 nitrogen and oxygen atoms in total. The number of carbonyl (C=O) groups is 1. The predicted octanol–water partition coefficient (Wildman–Crippen LogP) is 2.79. The Balaban J connectivity index is 1.48. The van der Waals surface area contributed by atoms with E-state index in [4.69, 9.17) is 16.3 Å². The number of nitrogens with zero attached hydrogens (tertiary/aromatic N) is 1. The molecule has 4 rings (SSSR count). The summed E-state index contributed by atoms with van der Waals surface area (Å²) in [5.74, 6) is -0.0137. The molecule has 2 aliphatic heterocycles. The van der Waals surface area contributed by atoms with Gasteiger partial charge < -0.3 is 10.1 Å². The van der Waals surface area contributed by atoms with Gasteiger partial charge >= 0.3 is 0 Å². The van der Waals surface area contributed by atoms with E-state index in [1.807, 2.05) is 6.07 Å². The summed E-state index contributed by atoms with van der Waals surface area (Å²) in [5, 5.41) is 2.65. The lowest BCUT2D eigenvalue weighted by Gasteiger charge is -2.35. The van der Waals surface area contributed by atoms with E-state index in [0.717, 1.165) is 25.9 Å². The van der Waals surface area contributed by atoms with Gasteiger partial charge in [-0.15, -0.1) is 0 Å². The van der Waals surface area contributed by atoms with Crippen LogP contribution in [0.1, 0.15) is 24.5 Å².